The molecule has 0 amide bonds. The first-order valence-corrected chi connectivity index (χ1v) is 12.3. The highest BCUT2D eigenvalue weighted by Crippen LogP contribution is 2.32. The molecule has 3 rings (SSSR count). The summed E-state index contributed by atoms with van der Waals surface area (Å²) in [7, 11) is 0. The monoisotopic (exact) mass is 462 g/mol. The molecular weight excluding hydrogens is 424 g/mol. The number of aryl methyl sites for hydroxylation is 1. The molecule has 0 saturated carbocycles. The third kappa shape index (κ3) is 6.64. The lowest BCUT2D eigenvalue weighted by Gasteiger charge is -2.19. The van der Waals surface area contributed by atoms with Gasteiger partial charge in [-0.2, -0.15) is 0 Å². The van der Waals surface area contributed by atoms with Crippen LogP contribution >= 0.6 is 0 Å². The van der Waals surface area contributed by atoms with Crippen LogP contribution in [0.1, 0.15) is 62.8 Å². The molecule has 2 N–H and O–H groups in total. The zero-order valence-corrected chi connectivity index (χ0v) is 21.8. The molecule has 0 saturated heterocycles. The molecule has 0 spiro atoms. The molecule has 0 aliphatic carbocycles. The summed E-state index contributed by atoms with van der Waals surface area (Å²) in [4.78, 5) is 0. The van der Waals surface area contributed by atoms with Crippen LogP contribution in [-0.4, -0.2) is 0 Å². The zero-order valence-electron chi connectivity index (χ0n) is 21.8. The van der Waals surface area contributed by atoms with Crippen molar-refractivity contribution in [2.24, 2.45) is 0 Å². The summed E-state index contributed by atoms with van der Waals surface area (Å²) in [5.41, 5.74) is 12.4. The molecule has 0 fully saturated rings. The van der Waals surface area contributed by atoms with E-state index in [9.17, 15) is 0 Å². The normalized spacial score (nSPS) is 12.4. The van der Waals surface area contributed by atoms with E-state index < -0.39 is 0 Å². The average molecular weight is 463 g/mol. The van der Waals surface area contributed by atoms with Crippen molar-refractivity contribution in [3.8, 4) is 0 Å². The van der Waals surface area contributed by atoms with E-state index >= 15 is 0 Å². The highest BCUT2D eigenvalue weighted by molar-refractivity contribution is 6.05. The summed E-state index contributed by atoms with van der Waals surface area (Å²) in [6.07, 6.45) is 2.07. The first-order valence-electron chi connectivity index (χ1n) is 12.3. The van der Waals surface area contributed by atoms with Gasteiger partial charge in [-0.05, 0) is 79.6 Å². The van der Waals surface area contributed by atoms with Gasteiger partial charge in [0.25, 0.3) is 0 Å². The Bertz CT molecular complexity index is 1240. The van der Waals surface area contributed by atoms with Crippen molar-refractivity contribution < 1.29 is 0 Å². The van der Waals surface area contributed by atoms with Gasteiger partial charge in [0.15, 0.2) is 0 Å². The lowest BCUT2D eigenvalue weighted by atomic mass is 9.92. The quantitative estimate of drug-likeness (QED) is 0.293. The largest absolute Gasteiger partial charge is 0.362 e. The number of benzene rings is 3. The molecule has 0 atom stereocenters. The smallest absolute Gasteiger partial charge is 0.0411 e. The fourth-order valence-electron chi connectivity index (χ4n) is 4.25. The maximum absolute atomic E-state index is 4.46. The Kier molecular flexibility index (Phi) is 8.92. The summed E-state index contributed by atoms with van der Waals surface area (Å²) in [6.45, 7) is 19.3. The number of allylic oxidation sites excluding steroid dienone is 6. The SMILES string of the molecule is C=C(CCC)Nc1ccc(/C(C)=C(\C)N/C(C)=C(/C(=C)c2ccccc2)c2ccccc2)cc1C. The van der Waals surface area contributed by atoms with Gasteiger partial charge in [0.2, 0.25) is 0 Å². The number of anilines is 1. The fourth-order valence-corrected chi connectivity index (χ4v) is 4.25. The zero-order chi connectivity index (χ0) is 25.4. The highest BCUT2D eigenvalue weighted by Gasteiger charge is 2.13. The molecule has 2 heteroatoms. The Balaban J connectivity index is 1.94. The molecule has 180 valence electrons. The van der Waals surface area contributed by atoms with Crippen molar-refractivity contribution in [1.82, 2.24) is 5.32 Å². The standard InChI is InChI=1S/C33H38N2/c1-8-15-24(3)34-32-21-20-31(22-23(32)2)25(4)27(6)35-28(7)33(30-18-13-10-14-19-30)26(5)29-16-11-9-12-17-29/h9-14,16-22,34-35H,3,5,8,15H2,1-2,4,6-7H3/b27-25+,33-28-. The highest BCUT2D eigenvalue weighted by atomic mass is 14.9. The van der Waals surface area contributed by atoms with Crippen molar-refractivity contribution in [2.75, 3.05) is 5.32 Å². The van der Waals surface area contributed by atoms with E-state index in [1.54, 1.807) is 0 Å². The molecule has 0 aliphatic heterocycles. The van der Waals surface area contributed by atoms with Crippen LogP contribution < -0.4 is 10.6 Å². The van der Waals surface area contributed by atoms with Crippen LogP contribution in [0.2, 0.25) is 0 Å². The third-order valence-electron chi connectivity index (χ3n) is 6.32. The molecule has 35 heavy (non-hydrogen) atoms. The average Bonchev–Trinajstić information content (AvgIpc) is 2.86. The summed E-state index contributed by atoms with van der Waals surface area (Å²) in [5, 5.41) is 7.14. The maximum atomic E-state index is 4.46. The third-order valence-corrected chi connectivity index (χ3v) is 6.32. The molecule has 0 heterocycles. The molecule has 2 nitrogen and oxygen atoms in total. The number of nitrogens with one attached hydrogen (secondary N) is 2. The molecular formula is C33H38N2. The predicted molar refractivity (Wildman–Crippen MR) is 155 cm³/mol. The Morgan fingerprint density at radius 3 is 1.91 bits per heavy atom. The van der Waals surface area contributed by atoms with E-state index in [0.29, 0.717) is 0 Å². The van der Waals surface area contributed by atoms with Gasteiger partial charge in [-0.15, -0.1) is 0 Å². The van der Waals surface area contributed by atoms with Crippen molar-refractivity contribution in [3.05, 3.63) is 131 Å². The molecule has 3 aromatic rings. The summed E-state index contributed by atoms with van der Waals surface area (Å²) >= 11 is 0. The van der Waals surface area contributed by atoms with Gasteiger partial charge in [0.1, 0.15) is 0 Å². The Labute approximate surface area is 211 Å². The topological polar surface area (TPSA) is 24.1 Å². The van der Waals surface area contributed by atoms with Crippen molar-refractivity contribution in [3.63, 3.8) is 0 Å². The summed E-state index contributed by atoms with van der Waals surface area (Å²) < 4.78 is 0. The first-order chi connectivity index (χ1) is 16.8. The Morgan fingerprint density at radius 2 is 1.34 bits per heavy atom. The minimum absolute atomic E-state index is 0.979. The van der Waals surface area contributed by atoms with Gasteiger partial charge < -0.3 is 10.6 Å². The van der Waals surface area contributed by atoms with Crippen LogP contribution in [0, 0.1) is 6.92 Å². The second-order valence-electron chi connectivity index (χ2n) is 9.09. The van der Waals surface area contributed by atoms with Crippen LogP contribution in [0.25, 0.3) is 16.7 Å². The molecule has 0 aliphatic rings. The van der Waals surface area contributed by atoms with Gasteiger partial charge in [-0.1, -0.05) is 93.2 Å². The summed E-state index contributed by atoms with van der Waals surface area (Å²) in [5.74, 6) is 0. The second kappa shape index (κ2) is 12.1. The lowest BCUT2D eigenvalue weighted by Crippen LogP contribution is -2.12. The van der Waals surface area contributed by atoms with Crippen LogP contribution in [0.5, 0.6) is 0 Å². The first kappa shape index (κ1) is 25.8. The summed E-state index contributed by atoms with van der Waals surface area (Å²) in [6, 6.07) is 27.4. The van der Waals surface area contributed by atoms with Crippen molar-refractivity contribution >= 4 is 22.4 Å². The maximum Gasteiger partial charge on any atom is 0.0411 e. The van der Waals surface area contributed by atoms with Crippen molar-refractivity contribution in [1.29, 1.82) is 0 Å². The van der Waals surface area contributed by atoms with E-state index in [1.165, 1.54) is 16.7 Å². The van der Waals surface area contributed by atoms with E-state index in [2.05, 4.69) is 125 Å². The Morgan fingerprint density at radius 1 is 0.743 bits per heavy atom. The van der Waals surface area contributed by atoms with Crippen LogP contribution in [0.4, 0.5) is 5.69 Å². The number of hydrogen-bond acceptors (Lipinski definition) is 2. The molecule has 0 radical (unpaired) electrons. The minimum Gasteiger partial charge on any atom is -0.362 e. The number of rotatable bonds is 10. The van der Waals surface area contributed by atoms with E-state index in [4.69, 9.17) is 0 Å². The van der Waals surface area contributed by atoms with E-state index in [1.807, 2.05) is 12.1 Å². The minimum atomic E-state index is 0.979. The van der Waals surface area contributed by atoms with Gasteiger partial charge >= 0.3 is 0 Å². The molecule has 0 bridgehead atoms. The lowest BCUT2D eigenvalue weighted by molar-refractivity contribution is 0.913. The van der Waals surface area contributed by atoms with Crippen LogP contribution in [0.15, 0.2) is 109 Å². The van der Waals surface area contributed by atoms with E-state index in [0.717, 1.165) is 57.9 Å². The van der Waals surface area contributed by atoms with Crippen molar-refractivity contribution in [2.45, 2.75) is 47.5 Å². The Hall–Kier alpha value is -3.78. The number of hydrogen-bond donors (Lipinski definition) is 2. The van der Waals surface area contributed by atoms with Gasteiger partial charge in [0, 0.05) is 28.4 Å². The van der Waals surface area contributed by atoms with Gasteiger partial charge in [-0.3, -0.25) is 0 Å². The predicted octanol–water partition coefficient (Wildman–Crippen LogP) is 9.21. The molecule has 0 aromatic heterocycles. The van der Waals surface area contributed by atoms with Crippen LogP contribution in [-0.2, 0) is 0 Å². The molecule has 0 unspecified atom stereocenters. The van der Waals surface area contributed by atoms with Gasteiger partial charge in [0.05, 0.1) is 0 Å². The fraction of sp³-hybridized carbons (Fsp3) is 0.212. The van der Waals surface area contributed by atoms with Crippen LogP contribution in [0.3, 0.4) is 0 Å². The van der Waals surface area contributed by atoms with Gasteiger partial charge in [-0.25, -0.2) is 0 Å². The second-order valence-corrected chi connectivity index (χ2v) is 9.09. The molecule has 3 aromatic carbocycles. The van der Waals surface area contributed by atoms with E-state index in [-0.39, 0.29) is 0 Å².